The lowest BCUT2D eigenvalue weighted by molar-refractivity contribution is 0.104. The van der Waals surface area contributed by atoms with E-state index in [2.05, 4.69) is 27.7 Å². The first-order valence-corrected chi connectivity index (χ1v) is 7.25. The largest absolute Gasteiger partial charge is 0.491 e. The fourth-order valence-corrected chi connectivity index (χ4v) is 1.94. The second-order valence-corrected chi connectivity index (χ2v) is 6.40. The lowest BCUT2D eigenvalue weighted by Gasteiger charge is -2.29. The quantitative estimate of drug-likeness (QED) is 0.772. The van der Waals surface area contributed by atoms with Gasteiger partial charge >= 0.3 is 0 Å². The Balaban J connectivity index is 2.74. The summed E-state index contributed by atoms with van der Waals surface area (Å²) in [5.41, 5.74) is 1.05. The third-order valence-corrected chi connectivity index (χ3v) is 3.88. The minimum Gasteiger partial charge on any atom is -0.491 e. The number of aliphatic hydroxyl groups is 1. The molecule has 0 aliphatic carbocycles. The van der Waals surface area contributed by atoms with Gasteiger partial charge in [-0.2, -0.15) is 0 Å². The van der Waals surface area contributed by atoms with Gasteiger partial charge in [-0.25, -0.2) is 0 Å². The predicted octanol–water partition coefficient (Wildman–Crippen LogP) is 3.82. The van der Waals surface area contributed by atoms with Crippen LogP contribution in [0.2, 0.25) is 0 Å². The highest BCUT2D eigenvalue weighted by Crippen LogP contribution is 2.35. The third-order valence-electron chi connectivity index (χ3n) is 3.88. The second kappa shape index (κ2) is 7.65. The van der Waals surface area contributed by atoms with Gasteiger partial charge < -0.3 is 14.6 Å². The summed E-state index contributed by atoms with van der Waals surface area (Å²) in [5, 5.41) is 10.5. The van der Waals surface area contributed by atoms with Crippen LogP contribution >= 0.6 is 0 Å². The van der Waals surface area contributed by atoms with Crippen molar-refractivity contribution >= 4 is 0 Å². The summed E-state index contributed by atoms with van der Waals surface area (Å²) in [7, 11) is 1.65. The minimum atomic E-state index is -0.497. The summed E-state index contributed by atoms with van der Waals surface area (Å²) in [6, 6.07) is 7.69. The summed E-state index contributed by atoms with van der Waals surface area (Å²) >= 11 is 0. The molecule has 0 saturated heterocycles. The van der Waals surface area contributed by atoms with Crippen LogP contribution in [0.25, 0.3) is 0 Å². The Hall–Kier alpha value is -1.06. The molecular weight excluding hydrogens is 252 g/mol. The van der Waals surface area contributed by atoms with E-state index in [4.69, 9.17) is 9.47 Å². The van der Waals surface area contributed by atoms with Crippen molar-refractivity contribution in [2.24, 2.45) is 11.3 Å². The van der Waals surface area contributed by atoms with Crippen LogP contribution in [0.4, 0.5) is 0 Å². The molecule has 0 radical (unpaired) electrons. The number of rotatable bonds is 7. The summed E-state index contributed by atoms with van der Waals surface area (Å²) in [4.78, 5) is 0. The number of aliphatic hydroxyl groups excluding tert-OH is 1. The van der Waals surface area contributed by atoms with Crippen molar-refractivity contribution in [1.29, 1.82) is 0 Å². The van der Waals surface area contributed by atoms with Crippen LogP contribution in [0.5, 0.6) is 5.75 Å². The van der Waals surface area contributed by atoms with Crippen molar-refractivity contribution < 1.29 is 14.6 Å². The fraction of sp³-hybridized carbons (Fsp3) is 0.647. The van der Waals surface area contributed by atoms with Crippen molar-refractivity contribution in [3.8, 4) is 5.75 Å². The lowest BCUT2D eigenvalue weighted by Crippen LogP contribution is -2.20. The standard InChI is InChI=1S/C17H28O3/c1-13(17(2,3)4)12-15(18)14-8-6-7-9-16(14)20-11-10-19-5/h6-9,13,15,18H,10-12H2,1-5H3. The normalized spacial score (nSPS) is 14.9. The molecule has 1 aromatic carbocycles. The zero-order chi connectivity index (χ0) is 15.2. The van der Waals surface area contributed by atoms with Crippen LogP contribution in [-0.4, -0.2) is 25.4 Å². The van der Waals surface area contributed by atoms with Crippen LogP contribution in [-0.2, 0) is 4.74 Å². The Morgan fingerprint density at radius 3 is 2.40 bits per heavy atom. The summed E-state index contributed by atoms with van der Waals surface area (Å²) in [6.45, 7) is 9.82. The topological polar surface area (TPSA) is 38.7 Å². The van der Waals surface area contributed by atoms with Gasteiger partial charge in [0, 0.05) is 12.7 Å². The predicted molar refractivity (Wildman–Crippen MR) is 82.0 cm³/mol. The minimum absolute atomic E-state index is 0.187. The van der Waals surface area contributed by atoms with E-state index in [0.29, 0.717) is 19.1 Å². The molecule has 2 atom stereocenters. The van der Waals surface area contributed by atoms with E-state index >= 15 is 0 Å². The fourth-order valence-electron chi connectivity index (χ4n) is 1.94. The van der Waals surface area contributed by atoms with Gasteiger partial charge in [0.2, 0.25) is 0 Å². The first kappa shape index (κ1) is 17.0. The first-order valence-electron chi connectivity index (χ1n) is 7.25. The van der Waals surface area contributed by atoms with Gasteiger partial charge in [-0.05, 0) is 23.8 Å². The zero-order valence-electron chi connectivity index (χ0n) is 13.3. The maximum absolute atomic E-state index is 10.5. The number of ether oxygens (including phenoxy) is 2. The van der Waals surface area contributed by atoms with E-state index in [9.17, 15) is 5.11 Å². The number of methoxy groups -OCH3 is 1. The summed E-state index contributed by atoms with van der Waals surface area (Å²) in [5.74, 6) is 1.17. The van der Waals surface area contributed by atoms with Gasteiger partial charge in [0.25, 0.3) is 0 Å². The Kier molecular flexibility index (Phi) is 6.50. The molecule has 0 bridgehead atoms. The van der Waals surface area contributed by atoms with Crippen LogP contribution in [0.15, 0.2) is 24.3 Å². The van der Waals surface area contributed by atoms with Gasteiger partial charge in [-0.15, -0.1) is 0 Å². The van der Waals surface area contributed by atoms with Crippen LogP contribution in [0.1, 0.15) is 45.8 Å². The van der Waals surface area contributed by atoms with E-state index in [1.165, 1.54) is 0 Å². The van der Waals surface area contributed by atoms with Crippen molar-refractivity contribution in [1.82, 2.24) is 0 Å². The molecule has 0 spiro atoms. The van der Waals surface area contributed by atoms with Crippen molar-refractivity contribution in [3.05, 3.63) is 29.8 Å². The second-order valence-electron chi connectivity index (χ2n) is 6.40. The molecule has 20 heavy (non-hydrogen) atoms. The van der Waals surface area contributed by atoms with E-state index in [1.54, 1.807) is 7.11 Å². The van der Waals surface area contributed by atoms with E-state index < -0.39 is 6.10 Å². The Morgan fingerprint density at radius 1 is 1.15 bits per heavy atom. The first-order chi connectivity index (χ1) is 9.36. The van der Waals surface area contributed by atoms with E-state index in [-0.39, 0.29) is 5.41 Å². The molecule has 3 nitrogen and oxygen atoms in total. The van der Waals surface area contributed by atoms with Crippen LogP contribution < -0.4 is 4.74 Å². The monoisotopic (exact) mass is 280 g/mol. The van der Waals surface area contributed by atoms with Gasteiger partial charge in [0.05, 0.1) is 12.7 Å². The van der Waals surface area contributed by atoms with Gasteiger partial charge in [-0.3, -0.25) is 0 Å². The summed E-state index contributed by atoms with van der Waals surface area (Å²) in [6.07, 6.45) is 0.233. The average molecular weight is 280 g/mol. The third kappa shape index (κ3) is 5.14. The zero-order valence-corrected chi connectivity index (χ0v) is 13.3. The van der Waals surface area contributed by atoms with Crippen molar-refractivity contribution in [2.75, 3.05) is 20.3 Å². The van der Waals surface area contributed by atoms with E-state index in [0.717, 1.165) is 17.7 Å². The molecule has 0 aromatic heterocycles. The van der Waals surface area contributed by atoms with Crippen molar-refractivity contribution in [3.63, 3.8) is 0 Å². The van der Waals surface area contributed by atoms with E-state index in [1.807, 2.05) is 24.3 Å². The lowest BCUT2D eigenvalue weighted by atomic mass is 9.78. The highest BCUT2D eigenvalue weighted by molar-refractivity contribution is 5.35. The highest BCUT2D eigenvalue weighted by Gasteiger charge is 2.24. The molecule has 0 saturated carbocycles. The summed E-state index contributed by atoms with van der Waals surface area (Å²) < 4.78 is 10.7. The molecule has 0 aliphatic heterocycles. The molecular formula is C17H28O3. The van der Waals surface area contributed by atoms with Crippen molar-refractivity contribution in [2.45, 2.75) is 40.2 Å². The maximum Gasteiger partial charge on any atom is 0.125 e. The average Bonchev–Trinajstić information content (AvgIpc) is 2.38. The molecule has 0 fully saturated rings. The molecule has 114 valence electrons. The van der Waals surface area contributed by atoms with Crippen LogP contribution in [0, 0.1) is 11.3 Å². The Labute approximate surface area is 122 Å². The molecule has 1 rings (SSSR count). The smallest absolute Gasteiger partial charge is 0.125 e. The molecule has 0 aliphatic rings. The molecule has 0 heterocycles. The number of para-hydroxylation sites is 1. The molecule has 2 unspecified atom stereocenters. The number of benzene rings is 1. The molecule has 0 amide bonds. The Bertz CT molecular complexity index is 395. The van der Waals surface area contributed by atoms with Gasteiger partial charge in [0.15, 0.2) is 0 Å². The van der Waals surface area contributed by atoms with Gasteiger partial charge in [-0.1, -0.05) is 45.9 Å². The molecule has 1 N–H and O–H groups in total. The number of hydrogen-bond donors (Lipinski definition) is 1. The number of hydrogen-bond acceptors (Lipinski definition) is 3. The molecule has 3 heteroatoms. The maximum atomic E-state index is 10.5. The van der Waals surface area contributed by atoms with Gasteiger partial charge in [0.1, 0.15) is 12.4 Å². The SMILES string of the molecule is COCCOc1ccccc1C(O)CC(C)C(C)(C)C. The molecule has 1 aromatic rings. The highest BCUT2D eigenvalue weighted by atomic mass is 16.5. The van der Waals surface area contributed by atoms with Crippen LogP contribution in [0.3, 0.4) is 0 Å². The Morgan fingerprint density at radius 2 is 1.80 bits per heavy atom.